The van der Waals surface area contributed by atoms with E-state index in [9.17, 15) is 13.6 Å². The normalized spacial score (nSPS) is 10.7. The Morgan fingerprint density at radius 2 is 1.76 bits per heavy atom. The molecule has 29 heavy (non-hydrogen) atoms. The molecule has 0 fully saturated rings. The summed E-state index contributed by atoms with van der Waals surface area (Å²) in [5, 5.41) is 3.17. The number of nitrogens with one attached hydrogen (secondary N) is 1. The molecule has 1 amide bonds. The molecule has 0 aliphatic rings. The number of thiazole rings is 1. The number of rotatable bonds is 7. The lowest BCUT2D eigenvalue weighted by molar-refractivity contribution is -0.0498. The van der Waals surface area contributed by atoms with Crippen LogP contribution in [-0.2, 0) is 0 Å². The molecule has 3 aromatic rings. The maximum atomic E-state index is 12.6. The highest BCUT2D eigenvalue weighted by atomic mass is 32.1. The molecule has 1 heterocycles. The monoisotopic (exact) mass is 420 g/mol. The molecule has 0 bridgehead atoms. The van der Waals surface area contributed by atoms with Crippen molar-refractivity contribution in [1.82, 2.24) is 4.98 Å². The first kappa shape index (κ1) is 20.5. The van der Waals surface area contributed by atoms with Crippen LogP contribution in [0.1, 0.15) is 15.2 Å². The number of carbonyl (C=O) groups excluding carboxylic acids is 1. The predicted molar refractivity (Wildman–Crippen MR) is 106 cm³/mol. The van der Waals surface area contributed by atoms with Crippen molar-refractivity contribution in [2.75, 3.05) is 19.5 Å². The molecule has 0 unspecified atom stereocenters. The zero-order chi connectivity index (χ0) is 21.0. The standard InChI is InChI=1S/C20H18F2N2O4S/c1-11-17(12-4-6-13(7-5-12)28-19(21)22)23-20(29-11)24-18(25)15-9-8-14(26-2)10-16(15)27-3/h4-10,19H,1-3H3,(H,23,24,25). The molecule has 0 radical (unpaired) electrons. The van der Waals surface area contributed by atoms with Gasteiger partial charge in [-0.1, -0.05) is 0 Å². The first-order chi connectivity index (χ1) is 13.9. The maximum absolute atomic E-state index is 12.6. The summed E-state index contributed by atoms with van der Waals surface area (Å²) in [6.45, 7) is -1.01. The second-order valence-electron chi connectivity index (χ2n) is 5.85. The van der Waals surface area contributed by atoms with Crippen molar-refractivity contribution in [1.29, 1.82) is 0 Å². The first-order valence-electron chi connectivity index (χ1n) is 8.47. The minimum absolute atomic E-state index is 0.0664. The summed E-state index contributed by atoms with van der Waals surface area (Å²) >= 11 is 1.31. The number of ether oxygens (including phenoxy) is 3. The van der Waals surface area contributed by atoms with Crippen LogP contribution in [0.15, 0.2) is 42.5 Å². The number of aryl methyl sites for hydroxylation is 1. The Labute approximate surface area is 170 Å². The summed E-state index contributed by atoms with van der Waals surface area (Å²) < 4.78 is 39.3. The molecule has 0 aliphatic heterocycles. The fraction of sp³-hybridized carbons (Fsp3) is 0.200. The van der Waals surface area contributed by atoms with Gasteiger partial charge in [-0.25, -0.2) is 4.98 Å². The van der Waals surface area contributed by atoms with Gasteiger partial charge in [0.25, 0.3) is 5.91 Å². The highest BCUT2D eigenvalue weighted by Gasteiger charge is 2.17. The van der Waals surface area contributed by atoms with Gasteiger partial charge < -0.3 is 14.2 Å². The minimum Gasteiger partial charge on any atom is -0.497 e. The average molecular weight is 420 g/mol. The van der Waals surface area contributed by atoms with Crippen molar-refractivity contribution in [3.63, 3.8) is 0 Å². The van der Waals surface area contributed by atoms with E-state index in [0.29, 0.717) is 27.9 Å². The summed E-state index contributed by atoms with van der Waals surface area (Å²) in [6.07, 6.45) is 0. The van der Waals surface area contributed by atoms with Gasteiger partial charge in [-0.2, -0.15) is 8.78 Å². The van der Waals surface area contributed by atoms with Gasteiger partial charge in [0, 0.05) is 16.5 Å². The van der Waals surface area contributed by atoms with Gasteiger partial charge in [-0.05, 0) is 43.3 Å². The Morgan fingerprint density at radius 3 is 2.38 bits per heavy atom. The first-order valence-corrected chi connectivity index (χ1v) is 9.29. The van der Waals surface area contributed by atoms with Gasteiger partial charge in [0.15, 0.2) is 5.13 Å². The van der Waals surface area contributed by atoms with Crippen LogP contribution in [0.5, 0.6) is 17.2 Å². The van der Waals surface area contributed by atoms with Gasteiger partial charge >= 0.3 is 6.61 Å². The van der Waals surface area contributed by atoms with Crippen molar-refractivity contribution in [2.24, 2.45) is 0 Å². The number of methoxy groups -OCH3 is 2. The molecular weight excluding hydrogens is 402 g/mol. The molecule has 6 nitrogen and oxygen atoms in total. The number of amides is 1. The topological polar surface area (TPSA) is 69.7 Å². The van der Waals surface area contributed by atoms with Crippen LogP contribution in [0.2, 0.25) is 0 Å². The summed E-state index contributed by atoms with van der Waals surface area (Å²) in [7, 11) is 3.00. The Bertz CT molecular complexity index is 1010. The molecule has 0 saturated carbocycles. The molecule has 152 valence electrons. The number of aromatic nitrogens is 1. The lowest BCUT2D eigenvalue weighted by Gasteiger charge is -2.09. The molecule has 0 spiro atoms. The number of alkyl halides is 2. The third kappa shape index (κ3) is 4.80. The summed E-state index contributed by atoms with van der Waals surface area (Å²) in [5.41, 5.74) is 1.72. The van der Waals surface area contributed by atoms with E-state index in [1.54, 1.807) is 30.3 Å². The van der Waals surface area contributed by atoms with E-state index >= 15 is 0 Å². The van der Waals surface area contributed by atoms with Gasteiger partial charge in [0.05, 0.1) is 25.5 Å². The molecule has 1 aromatic heterocycles. The third-order valence-corrected chi connectivity index (χ3v) is 4.91. The van der Waals surface area contributed by atoms with Crippen LogP contribution in [0, 0.1) is 6.92 Å². The van der Waals surface area contributed by atoms with E-state index in [-0.39, 0.29) is 11.7 Å². The zero-order valence-corrected chi connectivity index (χ0v) is 16.7. The van der Waals surface area contributed by atoms with E-state index in [1.165, 1.54) is 37.7 Å². The number of halogens is 2. The van der Waals surface area contributed by atoms with Gasteiger partial charge in [0.2, 0.25) is 0 Å². The fourth-order valence-corrected chi connectivity index (χ4v) is 3.49. The smallest absolute Gasteiger partial charge is 0.387 e. The molecular formula is C20H18F2N2O4S. The van der Waals surface area contributed by atoms with Crippen LogP contribution >= 0.6 is 11.3 Å². The van der Waals surface area contributed by atoms with E-state index in [1.807, 2.05) is 6.92 Å². The van der Waals surface area contributed by atoms with Crippen molar-refractivity contribution in [3.8, 4) is 28.5 Å². The van der Waals surface area contributed by atoms with Gasteiger partial charge in [-0.15, -0.1) is 11.3 Å². The number of hydrogen-bond donors (Lipinski definition) is 1. The van der Waals surface area contributed by atoms with Crippen LogP contribution in [0.4, 0.5) is 13.9 Å². The van der Waals surface area contributed by atoms with Crippen LogP contribution in [-0.4, -0.2) is 31.7 Å². The van der Waals surface area contributed by atoms with E-state index in [0.717, 1.165) is 10.4 Å². The van der Waals surface area contributed by atoms with Crippen molar-refractivity contribution >= 4 is 22.4 Å². The molecule has 0 saturated heterocycles. The molecule has 0 aliphatic carbocycles. The number of benzene rings is 2. The molecule has 3 rings (SSSR count). The summed E-state index contributed by atoms with van der Waals surface area (Å²) in [5.74, 6) is 0.650. The molecule has 0 atom stereocenters. The lowest BCUT2D eigenvalue weighted by Crippen LogP contribution is -2.13. The van der Waals surface area contributed by atoms with Crippen molar-refractivity contribution in [2.45, 2.75) is 13.5 Å². The Morgan fingerprint density at radius 1 is 1.07 bits per heavy atom. The fourth-order valence-electron chi connectivity index (χ4n) is 2.66. The largest absolute Gasteiger partial charge is 0.497 e. The summed E-state index contributed by atoms with van der Waals surface area (Å²) in [6, 6.07) is 11.1. The second kappa shape index (κ2) is 8.87. The number of hydrogen-bond acceptors (Lipinski definition) is 6. The van der Waals surface area contributed by atoms with Crippen molar-refractivity contribution < 1.29 is 27.8 Å². The van der Waals surface area contributed by atoms with E-state index < -0.39 is 6.61 Å². The van der Waals surface area contributed by atoms with Crippen LogP contribution in [0.25, 0.3) is 11.3 Å². The van der Waals surface area contributed by atoms with E-state index in [4.69, 9.17) is 9.47 Å². The number of nitrogens with zero attached hydrogens (tertiary/aromatic N) is 1. The van der Waals surface area contributed by atoms with Crippen LogP contribution in [0.3, 0.4) is 0 Å². The Hall–Kier alpha value is -3.20. The maximum Gasteiger partial charge on any atom is 0.387 e. The summed E-state index contributed by atoms with van der Waals surface area (Å²) in [4.78, 5) is 18.0. The predicted octanol–water partition coefficient (Wildman–Crippen LogP) is 4.99. The minimum atomic E-state index is -2.88. The molecule has 9 heteroatoms. The van der Waals surface area contributed by atoms with Gasteiger partial charge in [0.1, 0.15) is 17.2 Å². The Kier molecular flexibility index (Phi) is 6.28. The SMILES string of the molecule is COc1ccc(C(=O)Nc2nc(-c3ccc(OC(F)F)cc3)c(C)s2)c(OC)c1. The van der Waals surface area contributed by atoms with E-state index in [2.05, 4.69) is 15.0 Å². The third-order valence-electron chi connectivity index (χ3n) is 4.02. The highest BCUT2D eigenvalue weighted by molar-refractivity contribution is 7.16. The average Bonchev–Trinajstić information content (AvgIpc) is 3.07. The lowest BCUT2D eigenvalue weighted by atomic mass is 10.1. The van der Waals surface area contributed by atoms with Gasteiger partial charge in [-0.3, -0.25) is 10.1 Å². The Balaban J connectivity index is 1.79. The highest BCUT2D eigenvalue weighted by Crippen LogP contribution is 2.32. The quantitative estimate of drug-likeness (QED) is 0.583. The zero-order valence-electron chi connectivity index (χ0n) is 15.9. The van der Waals surface area contributed by atoms with Crippen molar-refractivity contribution in [3.05, 3.63) is 52.9 Å². The second-order valence-corrected chi connectivity index (χ2v) is 7.05. The number of anilines is 1. The molecule has 2 aromatic carbocycles. The molecule has 1 N–H and O–H groups in total. The number of carbonyl (C=O) groups is 1. The van der Waals surface area contributed by atoms with Crippen LogP contribution < -0.4 is 19.5 Å².